The lowest BCUT2D eigenvalue weighted by Crippen LogP contribution is -2.62. The van der Waals surface area contributed by atoms with Crippen molar-refractivity contribution < 1.29 is 19.4 Å². The quantitative estimate of drug-likeness (QED) is 0.293. The molecule has 0 saturated heterocycles. The predicted molar refractivity (Wildman–Crippen MR) is 165 cm³/mol. The first kappa shape index (κ1) is 27.7. The Morgan fingerprint density at radius 1 is 1.11 bits per heavy atom. The molecule has 3 saturated carbocycles. The predicted octanol–water partition coefficient (Wildman–Crippen LogP) is 5.42. The molecule has 1 amide bonds. The molecule has 2 aromatic heterocycles. The number of rotatable bonds is 3. The van der Waals surface area contributed by atoms with Gasteiger partial charge in [-0.2, -0.15) is 5.10 Å². The van der Waals surface area contributed by atoms with Crippen LogP contribution >= 0.6 is 0 Å². The van der Waals surface area contributed by atoms with Crippen LogP contribution in [0.2, 0.25) is 0 Å². The van der Waals surface area contributed by atoms with Gasteiger partial charge in [0.05, 0.1) is 34.7 Å². The fourth-order valence-corrected chi connectivity index (χ4v) is 9.81. The van der Waals surface area contributed by atoms with Gasteiger partial charge in [0.1, 0.15) is 11.4 Å². The number of para-hydroxylation sites is 2. The van der Waals surface area contributed by atoms with E-state index >= 15 is 0 Å². The topological polar surface area (TPSA) is 105 Å². The molecule has 0 spiro atoms. The third-order valence-corrected chi connectivity index (χ3v) is 12.0. The molecule has 4 aliphatic carbocycles. The van der Waals surface area contributed by atoms with Crippen LogP contribution in [0.4, 0.5) is 10.3 Å². The summed E-state index contributed by atoms with van der Waals surface area (Å²) in [5.41, 5.74) is 3.30. The van der Waals surface area contributed by atoms with E-state index in [1.807, 2.05) is 53.7 Å². The summed E-state index contributed by atoms with van der Waals surface area (Å²) < 4.78 is 17.3. The van der Waals surface area contributed by atoms with Gasteiger partial charge in [0.2, 0.25) is 5.95 Å². The van der Waals surface area contributed by atoms with E-state index < -0.39 is 23.0 Å². The van der Waals surface area contributed by atoms with Crippen LogP contribution in [-0.4, -0.2) is 47.2 Å². The number of aromatic nitrogens is 4. The number of fused-ring (bicyclic) bond motifs is 7. The smallest absolute Gasteiger partial charge is 0.259 e. The standard InChI is InChI=1S/C35H38FN5O3/c1-33-17-20-19-37-41(23-11-9-22(36)10-12-23)28(20)16-21(33)8-13-24-25-14-15-35(44,34(25,2)18-29(42)30(24)33)31(43)39-32-38-26-6-4-5-7-27(26)40(32)3/h4-7,9-12,16,19,24-25,29-30,42,44H,8,13-15,17-18H2,1-3H3,(H,38,39,43)/t24?,25?,29-,30?,33?,34?,35?/m0/s1. The molecule has 3 fully saturated rings. The number of nitrogens with zero attached hydrogens (tertiary/aromatic N) is 4. The summed E-state index contributed by atoms with van der Waals surface area (Å²) in [6.07, 6.45) is 7.46. The molecule has 8 nitrogen and oxygen atoms in total. The molecule has 4 aliphatic rings. The SMILES string of the molecule is Cn1c(NC(=O)C2(O)CCC3C4CCC5=Cc6c(cnn6-c6ccc(F)cc6)CC5(C)C4[C@@H](O)CC32C)nc2ccccc21. The number of aryl methyl sites for hydroxylation is 1. The Morgan fingerprint density at radius 3 is 2.66 bits per heavy atom. The molecule has 4 aromatic rings. The number of carbonyl (C=O) groups is 1. The number of aliphatic hydroxyl groups is 2. The van der Waals surface area contributed by atoms with Crippen LogP contribution in [0.25, 0.3) is 22.8 Å². The Morgan fingerprint density at radius 2 is 1.89 bits per heavy atom. The van der Waals surface area contributed by atoms with E-state index in [4.69, 9.17) is 0 Å². The fourth-order valence-electron chi connectivity index (χ4n) is 9.81. The van der Waals surface area contributed by atoms with Gasteiger partial charge in [-0.05, 0) is 110 Å². The molecular weight excluding hydrogens is 557 g/mol. The molecule has 0 radical (unpaired) electrons. The molecule has 228 valence electrons. The number of anilines is 1. The highest BCUT2D eigenvalue weighted by molar-refractivity contribution is 5.98. The third kappa shape index (κ3) is 3.65. The molecule has 2 aromatic carbocycles. The van der Waals surface area contributed by atoms with Crippen molar-refractivity contribution in [3.8, 4) is 5.69 Å². The van der Waals surface area contributed by atoms with Gasteiger partial charge < -0.3 is 14.8 Å². The summed E-state index contributed by atoms with van der Waals surface area (Å²) in [5.74, 6) is -0.0207. The first-order valence-electron chi connectivity index (χ1n) is 15.7. The maximum atomic E-state index is 13.9. The number of aliphatic hydroxyl groups excluding tert-OH is 1. The monoisotopic (exact) mass is 595 g/mol. The zero-order chi connectivity index (χ0) is 30.6. The molecule has 7 atom stereocenters. The second kappa shape index (κ2) is 9.34. The fraction of sp³-hybridized carbons (Fsp3) is 0.457. The normalized spacial score (nSPS) is 34.1. The highest BCUT2D eigenvalue weighted by Crippen LogP contribution is 2.67. The van der Waals surface area contributed by atoms with Gasteiger partial charge in [-0.25, -0.2) is 14.1 Å². The summed E-state index contributed by atoms with van der Waals surface area (Å²) in [5, 5.41) is 31.8. The van der Waals surface area contributed by atoms with Crippen molar-refractivity contribution in [3.05, 3.63) is 77.4 Å². The van der Waals surface area contributed by atoms with E-state index in [1.54, 1.807) is 12.1 Å². The van der Waals surface area contributed by atoms with Crippen LogP contribution in [0.5, 0.6) is 0 Å². The van der Waals surface area contributed by atoms with E-state index in [0.29, 0.717) is 18.8 Å². The van der Waals surface area contributed by atoms with Crippen molar-refractivity contribution >= 4 is 29.0 Å². The number of hydrogen-bond acceptors (Lipinski definition) is 5. The Labute approximate surface area is 255 Å². The largest absolute Gasteiger partial charge is 0.393 e. The van der Waals surface area contributed by atoms with E-state index in [9.17, 15) is 19.4 Å². The Bertz CT molecular complexity index is 1840. The molecule has 0 aliphatic heterocycles. The summed E-state index contributed by atoms with van der Waals surface area (Å²) in [6.45, 7) is 4.29. The van der Waals surface area contributed by atoms with Crippen molar-refractivity contribution in [2.45, 2.75) is 64.1 Å². The summed E-state index contributed by atoms with van der Waals surface area (Å²) in [7, 11) is 1.86. The number of allylic oxidation sites excluding steroid dienone is 1. The van der Waals surface area contributed by atoms with Crippen molar-refractivity contribution in [2.24, 2.45) is 35.6 Å². The Kier molecular flexibility index (Phi) is 5.88. The Hall–Kier alpha value is -3.82. The lowest BCUT2D eigenvalue weighted by atomic mass is 9.45. The van der Waals surface area contributed by atoms with Crippen molar-refractivity contribution in [1.82, 2.24) is 19.3 Å². The van der Waals surface area contributed by atoms with Crippen molar-refractivity contribution in [2.75, 3.05) is 5.32 Å². The maximum Gasteiger partial charge on any atom is 0.259 e. The average molecular weight is 596 g/mol. The van der Waals surface area contributed by atoms with Crippen LogP contribution in [0.15, 0.2) is 60.3 Å². The number of benzene rings is 2. The summed E-state index contributed by atoms with van der Waals surface area (Å²) in [6, 6.07) is 14.1. The lowest BCUT2D eigenvalue weighted by molar-refractivity contribution is -0.177. The highest BCUT2D eigenvalue weighted by Gasteiger charge is 2.68. The minimum absolute atomic E-state index is 0.00754. The molecule has 9 heteroatoms. The molecule has 2 heterocycles. The van der Waals surface area contributed by atoms with Crippen molar-refractivity contribution in [3.63, 3.8) is 0 Å². The second-order valence-electron chi connectivity index (χ2n) is 14.1. The minimum Gasteiger partial charge on any atom is -0.393 e. The number of imidazole rings is 1. The number of nitrogens with one attached hydrogen (secondary N) is 1. The lowest BCUT2D eigenvalue weighted by Gasteiger charge is -2.60. The van der Waals surface area contributed by atoms with Crippen LogP contribution in [0.1, 0.15) is 57.2 Å². The van der Waals surface area contributed by atoms with E-state index in [0.717, 1.165) is 53.7 Å². The summed E-state index contributed by atoms with van der Waals surface area (Å²) >= 11 is 0. The third-order valence-electron chi connectivity index (χ3n) is 12.0. The van der Waals surface area contributed by atoms with Gasteiger partial charge in [-0.3, -0.25) is 10.1 Å². The van der Waals surface area contributed by atoms with Gasteiger partial charge in [-0.1, -0.05) is 31.6 Å². The van der Waals surface area contributed by atoms with E-state index in [1.165, 1.54) is 17.7 Å². The van der Waals surface area contributed by atoms with Crippen LogP contribution < -0.4 is 5.32 Å². The second-order valence-corrected chi connectivity index (χ2v) is 14.1. The maximum absolute atomic E-state index is 13.9. The molecular formula is C35H38FN5O3. The number of carbonyl (C=O) groups excluding carboxylic acids is 1. The van der Waals surface area contributed by atoms with E-state index in [-0.39, 0.29) is 29.0 Å². The highest BCUT2D eigenvalue weighted by atomic mass is 19.1. The van der Waals surface area contributed by atoms with Gasteiger partial charge in [-0.15, -0.1) is 0 Å². The molecule has 44 heavy (non-hydrogen) atoms. The summed E-state index contributed by atoms with van der Waals surface area (Å²) in [4.78, 5) is 18.5. The van der Waals surface area contributed by atoms with Crippen LogP contribution in [0, 0.1) is 34.4 Å². The minimum atomic E-state index is -1.62. The molecule has 8 rings (SSSR count). The van der Waals surface area contributed by atoms with Gasteiger partial charge >= 0.3 is 0 Å². The van der Waals surface area contributed by atoms with Gasteiger partial charge in [0, 0.05) is 12.5 Å². The molecule has 3 N–H and O–H groups in total. The number of amides is 1. The molecule has 0 bridgehead atoms. The van der Waals surface area contributed by atoms with Crippen molar-refractivity contribution in [1.29, 1.82) is 0 Å². The van der Waals surface area contributed by atoms with E-state index in [2.05, 4.69) is 28.4 Å². The number of halogens is 1. The number of hydrogen-bond donors (Lipinski definition) is 3. The Balaban J connectivity index is 1.09. The van der Waals surface area contributed by atoms with Crippen LogP contribution in [0.3, 0.4) is 0 Å². The van der Waals surface area contributed by atoms with Crippen LogP contribution in [-0.2, 0) is 18.3 Å². The first-order valence-corrected chi connectivity index (χ1v) is 15.7. The molecule has 6 unspecified atom stereocenters. The first-order chi connectivity index (χ1) is 21.0. The van der Waals surface area contributed by atoms with Gasteiger partial charge in [0.25, 0.3) is 5.91 Å². The van der Waals surface area contributed by atoms with Gasteiger partial charge in [0.15, 0.2) is 0 Å². The zero-order valence-electron chi connectivity index (χ0n) is 25.3. The average Bonchev–Trinajstić information content (AvgIpc) is 3.63. The zero-order valence-corrected chi connectivity index (χ0v) is 25.3.